The zero-order valence-corrected chi connectivity index (χ0v) is 21.1. The molecule has 0 bridgehead atoms. The number of carbonyl (C=O) groups excluding carboxylic acids is 2. The molecule has 0 aromatic heterocycles. The number of hydrogen-bond donors (Lipinski definition) is 1. The Morgan fingerprint density at radius 3 is 2.60 bits per heavy atom. The van der Waals surface area contributed by atoms with Crippen LogP contribution >= 0.6 is 11.6 Å². The largest absolute Gasteiger partial charge is 0.489 e. The number of methoxy groups -OCH3 is 1. The highest BCUT2D eigenvalue weighted by atomic mass is 35.5. The lowest BCUT2D eigenvalue weighted by atomic mass is 9.84. The molecule has 0 saturated carbocycles. The minimum Gasteiger partial charge on any atom is -0.489 e. The zero-order valence-electron chi connectivity index (χ0n) is 20.3. The molecular formula is C27H33ClN2O5. The molecule has 1 amide bonds. The molecule has 2 atom stereocenters. The molecule has 2 aromatic rings. The van der Waals surface area contributed by atoms with Crippen LogP contribution in [-0.2, 0) is 14.3 Å². The highest BCUT2D eigenvalue weighted by Crippen LogP contribution is 2.33. The smallest absolute Gasteiger partial charge is 0.337 e. The molecule has 2 aromatic carbocycles. The van der Waals surface area contributed by atoms with E-state index >= 15 is 0 Å². The molecular weight excluding hydrogens is 468 g/mol. The third-order valence-corrected chi connectivity index (χ3v) is 7.24. The first kappa shape index (κ1) is 25.5. The molecule has 188 valence electrons. The zero-order chi connectivity index (χ0) is 24.8. The number of amides is 1. The summed E-state index contributed by atoms with van der Waals surface area (Å²) in [5, 5.41) is 3.87. The van der Waals surface area contributed by atoms with Crippen LogP contribution in [0.2, 0.25) is 5.02 Å². The van der Waals surface area contributed by atoms with Gasteiger partial charge in [0.25, 0.3) is 0 Å². The van der Waals surface area contributed by atoms with E-state index in [1.165, 1.54) is 7.11 Å². The fourth-order valence-electron chi connectivity index (χ4n) is 4.99. The van der Waals surface area contributed by atoms with Crippen molar-refractivity contribution in [3.63, 3.8) is 0 Å². The lowest BCUT2D eigenvalue weighted by molar-refractivity contribution is -0.144. The summed E-state index contributed by atoms with van der Waals surface area (Å²) >= 11 is 6.13. The summed E-state index contributed by atoms with van der Waals surface area (Å²) in [7, 11) is 1.36. The van der Waals surface area contributed by atoms with Crippen molar-refractivity contribution in [2.45, 2.75) is 50.3 Å². The quantitative estimate of drug-likeness (QED) is 0.568. The van der Waals surface area contributed by atoms with Gasteiger partial charge in [0.1, 0.15) is 17.4 Å². The third-order valence-electron chi connectivity index (χ3n) is 7.00. The second-order valence-corrected chi connectivity index (χ2v) is 9.67. The van der Waals surface area contributed by atoms with Crippen LogP contribution in [0, 0.1) is 0 Å². The molecule has 1 unspecified atom stereocenters. The number of likely N-dealkylation sites (tertiary alicyclic amines) is 1. The van der Waals surface area contributed by atoms with Gasteiger partial charge in [-0.3, -0.25) is 9.69 Å². The van der Waals surface area contributed by atoms with Crippen LogP contribution in [0.3, 0.4) is 0 Å². The number of piperidine rings is 1. The molecule has 35 heavy (non-hydrogen) atoms. The summed E-state index contributed by atoms with van der Waals surface area (Å²) in [6, 6.07) is 14.4. The number of ether oxygens (including phenoxy) is 3. The second kappa shape index (κ2) is 11.4. The Morgan fingerprint density at radius 2 is 1.91 bits per heavy atom. The van der Waals surface area contributed by atoms with Crippen LogP contribution in [0.15, 0.2) is 48.5 Å². The summed E-state index contributed by atoms with van der Waals surface area (Å²) in [6.07, 6.45) is 3.14. The lowest BCUT2D eigenvalue weighted by Gasteiger charge is -2.48. The summed E-state index contributed by atoms with van der Waals surface area (Å²) in [5.41, 5.74) is 0.762. The van der Waals surface area contributed by atoms with E-state index in [2.05, 4.69) is 10.2 Å². The minimum atomic E-state index is -0.644. The van der Waals surface area contributed by atoms with Crippen molar-refractivity contribution in [1.82, 2.24) is 10.2 Å². The number of carbonyl (C=O) groups is 2. The topological polar surface area (TPSA) is 77.1 Å². The summed E-state index contributed by atoms with van der Waals surface area (Å²) in [6.45, 7) is 4.56. The van der Waals surface area contributed by atoms with Crippen molar-refractivity contribution < 1.29 is 23.8 Å². The Bertz CT molecular complexity index is 1020. The number of hydrogen-bond acceptors (Lipinski definition) is 6. The van der Waals surface area contributed by atoms with Crippen LogP contribution in [0.1, 0.15) is 54.6 Å². The molecule has 2 fully saturated rings. The van der Waals surface area contributed by atoms with E-state index in [-0.39, 0.29) is 24.0 Å². The number of rotatable bonds is 7. The van der Waals surface area contributed by atoms with E-state index in [1.54, 1.807) is 12.1 Å². The van der Waals surface area contributed by atoms with Crippen LogP contribution < -0.4 is 10.1 Å². The average Bonchev–Trinajstić information content (AvgIpc) is 2.89. The van der Waals surface area contributed by atoms with Crippen LogP contribution in [-0.4, -0.2) is 61.8 Å². The van der Waals surface area contributed by atoms with E-state index in [4.69, 9.17) is 25.8 Å². The molecule has 7 nitrogen and oxygen atoms in total. The van der Waals surface area contributed by atoms with Crippen LogP contribution in [0.4, 0.5) is 0 Å². The molecule has 4 rings (SSSR count). The molecule has 1 N–H and O–H groups in total. The van der Waals surface area contributed by atoms with Gasteiger partial charge < -0.3 is 19.5 Å². The first-order valence-corrected chi connectivity index (χ1v) is 12.5. The first-order valence-electron chi connectivity index (χ1n) is 12.2. The van der Waals surface area contributed by atoms with Gasteiger partial charge in [0.05, 0.1) is 18.7 Å². The Hall–Kier alpha value is -2.61. The molecule has 2 aliphatic rings. The maximum absolute atomic E-state index is 13.8. The standard InChI is InChI=1S/C27H33ClN2O5/c1-19(20-8-10-21(11-9-20)25(31)33-2)29-26(32)27(12-15-34-16-13-27)30-14-4-7-24(18-30)35-23-6-3-5-22(28)17-23/h3,5-6,8-11,17,19,24H,4,7,12-16,18H2,1-2H3,(H,29,32)/t19?,24-/m1/s1. The minimum absolute atomic E-state index is 0.00810. The highest BCUT2D eigenvalue weighted by Gasteiger charge is 2.47. The maximum atomic E-state index is 13.8. The van der Waals surface area contributed by atoms with Crippen LogP contribution in [0.25, 0.3) is 0 Å². The van der Waals surface area contributed by atoms with Gasteiger partial charge >= 0.3 is 5.97 Å². The molecule has 0 radical (unpaired) electrons. The average molecular weight is 501 g/mol. The number of halogens is 1. The van der Waals surface area contributed by atoms with Gasteiger partial charge in [0.2, 0.25) is 5.91 Å². The van der Waals surface area contributed by atoms with E-state index in [9.17, 15) is 9.59 Å². The molecule has 2 aliphatic heterocycles. The van der Waals surface area contributed by atoms with Crippen molar-refractivity contribution in [3.8, 4) is 5.75 Å². The monoisotopic (exact) mass is 500 g/mol. The normalized spacial score (nSPS) is 21.1. The molecule has 0 aliphatic carbocycles. The predicted octanol–water partition coefficient (Wildman–Crippen LogP) is 4.40. The first-order chi connectivity index (χ1) is 16.9. The van der Waals surface area contributed by atoms with Crippen molar-refractivity contribution in [3.05, 3.63) is 64.7 Å². The Kier molecular flexibility index (Phi) is 8.31. The molecule has 0 spiro atoms. The summed E-state index contributed by atoms with van der Waals surface area (Å²) in [4.78, 5) is 27.8. The van der Waals surface area contributed by atoms with Crippen molar-refractivity contribution >= 4 is 23.5 Å². The summed E-state index contributed by atoms with van der Waals surface area (Å²) < 4.78 is 16.7. The van der Waals surface area contributed by atoms with E-state index in [0.717, 1.165) is 30.7 Å². The molecule has 2 saturated heterocycles. The van der Waals surface area contributed by atoms with Gasteiger partial charge in [-0.25, -0.2) is 4.79 Å². The van der Waals surface area contributed by atoms with Crippen LogP contribution in [0.5, 0.6) is 5.75 Å². The van der Waals surface area contributed by atoms with Crippen molar-refractivity contribution in [2.75, 3.05) is 33.4 Å². The maximum Gasteiger partial charge on any atom is 0.337 e. The highest BCUT2D eigenvalue weighted by molar-refractivity contribution is 6.30. The van der Waals surface area contributed by atoms with Gasteiger partial charge in [-0.05, 0) is 75.0 Å². The number of benzene rings is 2. The predicted molar refractivity (Wildman–Crippen MR) is 134 cm³/mol. The molecule has 2 heterocycles. The van der Waals surface area contributed by atoms with Crippen molar-refractivity contribution in [2.24, 2.45) is 0 Å². The van der Waals surface area contributed by atoms with Crippen molar-refractivity contribution in [1.29, 1.82) is 0 Å². The fraction of sp³-hybridized carbons (Fsp3) is 0.481. The third kappa shape index (κ3) is 5.97. The van der Waals surface area contributed by atoms with Gasteiger partial charge in [-0.1, -0.05) is 29.8 Å². The number of nitrogens with one attached hydrogen (secondary N) is 1. The number of esters is 1. The van der Waals surface area contributed by atoms with E-state index in [0.29, 0.717) is 43.2 Å². The number of nitrogens with zero attached hydrogens (tertiary/aromatic N) is 1. The fourth-order valence-corrected chi connectivity index (χ4v) is 5.17. The van der Waals surface area contributed by atoms with E-state index < -0.39 is 5.54 Å². The van der Waals surface area contributed by atoms with Gasteiger partial charge in [-0.15, -0.1) is 0 Å². The lowest BCUT2D eigenvalue weighted by Crippen LogP contribution is -2.64. The van der Waals surface area contributed by atoms with E-state index in [1.807, 2.05) is 43.3 Å². The van der Waals surface area contributed by atoms with Gasteiger partial charge in [0.15, 0.2) is 0 Å². The van der Waals surface area contributed by atoms with Gasteiger partial charge in [-0.2, -0.15) is 0 Å². The Labute approximate surface area is 211 Å². The Balaban J connectivity index is 1.47. The van der Waals surface area contributed by atoms with Gasteiger partial charge in [0, 0.05) is 24.8 Å². The summed E-state index contributed by atoms with van der Waals surface area (Å²) in [5.74, 6) is 0.377. The SMILES string of the molecule is COC(=O)c1ccc(C(C)NC(=O)C2(N3CCC[C@@H](Oc4cccc(Cl)c4)C3)CCOCC2)cc1. The second-order valence-electron chi connectivity index (χ2n) is 9.24. The molecule has 8 heteroatoms. The Morgan fingerprint density at radius 1 is 1.17 bits per heavy atom.